The minimum atomic E-state index is -0.610. The summed E-state index contributed by atoms with van der Waals surface area (Å²) in [5.74, 6) is -0.675. The number of rotatable bonds is 4. The predicted octanol–water partition coefficient (Wildman–Crippen LogP) is 0.323. The largest absolute Gasteiger partial charge is 0.447 e. The van der Waals surface area contributed by atoms with E-state index in [2.05, 4.69) is 0 Å². The van der Waals surface area contributed by atoms with Crippen molar-refractivity contribution in [3.05, 3.63) is 24.5 Å². The van der Waals surface area contributed by atoms with Crippen LogP contribution in [0.3, 0.4) is 0 Å². The van der Waals surface area contributed by atoms with Crippen LogP contribution in [0.1, 0.15) is 6.92 Å². The topological polar surface area (TPSA) is 88.7 Å². The molecule has 1 fully saturated rings. The van der Waals surface area contributed by atoms with Gasteiger partial charge in [-0.15, -0.1) is 0 Å². The molecule has 5 heteroatoms. The lowest BCUT2D eigenvalue weighted by Gasteiger charge is -1.93. The maximum Gasteiger partial charge on any atom is 0.244 e. The molecule has 0 aromatic heterocycles. The van der Waals surface area contributed by atoms with Crippen LogP contribution in [0.4, 0.5) is 0 Å². The first-order valence-electron chi connectivity index (χ1n) is 4.14. The summed E-state index contributed by atoms with van der Waals surface area (Å²) in [6, 6.07) is 0. The van der Waals surface area contributed by atoms with E-state index in [1.54, 1.807) is 6.08 Å². The Morgan fingerprint density at radius 3 is 2.71 bits per heavy atom. The van der Waals surface area contributed by atoms with E-state index in [4.69, 9.17) is 20.6 Å². The van der Waals surface area contributed by atoms with Crippen molar-refractivity contribution < 1.29 is 14.3 Å². The number of carbonyl (C=O) groups is 1. The quantitative estimate of drug-likeness (QED) is 0.223. The Morgan fingerprint density at radius 2 is 2.21 bits per heavy atom. The van der Waals surface area contributed by atoms with Gasteiger partial charge in [-0.3, -0.25) is 10.2 Å². The lowest BCUT2D eigenvalue weighted by atomic mass is 10.3. The molecule has 2 atom stereocenters. The Bertz CT molecular complexity index is 296. The molecule has 0 aromatic rings. The summed E-state index contributed by atoms with van der Waals surface area (Å²) in [5.41, 5.74) is 4.81. The molecular formula is C9H12N2O3. The van der Waals surface area contributed by atoms with E-state index in [0.29, 0.717) is 0 Å². The summed E-state index contributed by atoms with van der Waals surface area (Å²) >= 11 is 0. The van der Waals surface area contributed by atoms with Gasteiger partial charge in [0.05, 0.1) is 12.4 Å². The molecule has 0 bridgehead atoms. The molecule has 0 aromatic carbocycles. The van der Waals surface area contributed by atoms with Crippen LogP contribution in [0.25, 0.3) is 0 Å². The Morgan fingerprint density at radius 1 is 1.57 bits per heavy atom. The molecule has 2 unspecified atom stereocenters. The average molecular weight is 196 g/mol. The van der Waals surface area contributed by atoms with Gasteiger partial charge in [-0.05, 0) is 19.1 Å². The van der Waals surface area contributed by atoms with Crippen molar-refractivity contribution in [3.63, 3.8) is 0 Å². The monoisotopic (exact) mass is 196 g/mol. The Labute approximate surface area is 81.7 Å². The van der Waals surface area contributed by atoms with Gasteiger partial charge in [0.15, 0.2) is 0 Å². The highest BCUT2D eigenvalue weighted by atomic mass is 16.6. The fourth-order valence-electron chi connectivity index (χ4n) is 0.800. The molecular weight excluding hydrogens is 184 g/mol. The second-order valence-electron chi connectivity index (χ2n) is 2.85. The molecule has 1 amide bonds. The molecule has 1 heterocycles. The van der Waals surface area contributed by atoms with Crippen LogP contribution >= 0.6 is 0 Å². The summed E-state index contributed by atoms with van der Waals surface area (Å²) in [7, 11) is 0. The summed E-state index contributed by atoms with van der Waals surface area (Å²) in [6.07, 6.45) is 5.62. The Hall–Kier alpha value is -1.62. The lowest BCUT2D eigenvalue weighted by molar-refractivity contribution is -0.113. The highest BCUT2D eigenvalue weighted by molar-refractivity contribution is 5.87. The molecule has 0 aliphatic carbocycles. The van der Waals surface area contributed by atoms with E-state index in [-0.39, 0.29) is 18.1 Å². The van der Waals surface area contributed by atoms with Gasteiger partial charge in [0.1, 0.15) is 6.10 Å². The SMILES string of the molecule is CC1OC1C=CC(=N)OC=CC(N)=O. The van der Waals surface area contributed by atoms with E-state index in [0.717, 1.165) is 12.3 Å². The molecule has 1 aliphatic rings. The standard InChI is InChI=1S/C9H12N2O3/c1-6-7(14-6)2-3-9(11)13-5-4-8(10)12/h2-7,11H,1H3,(H2,10,12). The molecule has 76 valence electrons. The van der Waals surface area contributed by atoms with Gasteiger partial charge in [-0.25, -0.2) is 0 Å². The summed E-state index contributed by atoms with van der Waals surface area (Å²) in [6.45, 7) is 1.94. The first-order valence-corrected chi connectivity index (χ1v) is 4.14. The number of primary amides is 1. The van der Waals surface area contributed by atoms with Gasteiger partial charge >= 0.3 is 0 Å². The number of carbonyl (C=O) groups excluding carboxylic acids is 1. The number of hydrogen-bond donors (Lipinski definition) is 2. The van der Waals surface area contributed by atoms with E-state index in [1.807, 2.05) is 6.92 Å². The zero-order chi connectivity index (χ0) is 10.6. The van der Waals surface area contributed by atoms with Crippen LogP contribution in [-0.2, 0) is 14.3 Å². The maximum absolute atomic E-state index is 10.2. The van der Waals surface area contributed by atoms with Crippen molar-refractivity contribution >= 4 is 11.8 Å². The third-order valence-electron chi connectivity index (χ3n) is 1.62. The van der Waals surface area contributed by atoms with Crippen molar-refractivity contribution in [2.75, 3.05) is 0 Å². The van der Waals surface area contributed by atoms with Crippen LogP contribution < -0.4 is 5.73 Å². The van der Waals surface area contributed by atoms with Gasteiger partial charge in [0, 0.05) is 6.08 Å². The molecule has 1 aliphatic heterocycles. The second kappa shape index (κ2) is 4.57. The number of amides is 1. The van der Waals surface area contributed by atoms with Crippen LogP contribution in [0.15, 0.2) is 24.5 Å². The van der Waals surface area contributed by atoms with Crippen molar-refractivity contribution in [1.29, 1.82) is 5.41 Å². The number of nitrogens with two attached hydrogens (primary N) is 1. The highest BCUT2D eigenvalue weighted by Crippen LogP contribution is 2.21. The van der Waals surface area contributed by atoms with Crippen molar-refractivity contribution in [1.82, 2.24) is 0 Å². The second-order valence-corrected chi connectivity index (χ2v) is 2.85. The normalized spacial score (nSPS) is 25.5. The molecule has 5 nitrogen and oxygen atoms in total. The first-order chi connectivity index (χ1) is 6.59. The van der Waals surface area contributed by atoms with Gasteiger partial charge < -0.3 is 15.2 Å². The van der Waals surface area contributed by atoms with Gasteiger partial charge in [0.2, 0.25) is 11.8 Å². The molecule has 0 radical (unpaired) electrons. The third kappa shape index (κ3) is 3.86. The van der Waals surface area contributed by atoms with Crippen molar-refractivity contribution in [3.8, 4) is 0 Å². The van der Waals surface area contributed by atoms with E-state index < -0.39 is 5.91 Å². The number of nitrogens with one attached hydrogen (secondary N) is 1. The molecule has 3 N–H and O–H groups in total. The van der Waals surface area contributed by atoms with Crippen LogP contribution in [-0.4, -0.2) is 24.0 Å². The molecule has 0 spiro atoms. The number of hydrogen-bond acceptors (Lipinski definition) is 4. The van der Waals surface area contributed by atoms with Crippen LogP contribution in [0.2, 0.25) is 0 Å². The predicted molar refractivity (Wildman–Crippen MR) is 50.6 cm³/mol. The van der Waals surface area contributed by atoms with E-state index >= 15 is 0 Å². The van der Waals surface area contributed by atoms with Gasteiger partial charge in [-0.1, -0.05) is 0 Å². The third-order valence-corrected chi connectivity index (χ3v) is 1.62. The smallest absolute Gasteiger partial charge is 0.244 e. The minimum absolute atomic E-state index is 0.0646. The maximum atomic E-state index is 10.2. The Kier molecular flexibility index (Phi) is 3.41. The molecule has 14 heavy (non-hydrogen) atoms. The van der Waals surface area contributed by atoms with E-state index in [9.17, 15) is 4.79 Å². The summed E-state index contributed by atoms with van der Waals surface area (Å²) < 4.78 is 9.80. The van der Waals surface area contributed by atoms with E-state index in [1.165, 1.54) is 6.08 Å². The molecule has 1 saturated heterocycles. The first kappa shape index (κ1) is 10.5. The Balaban J connectivity index is 2.22. The number of epoxide rings is 1. The van der Waals surface area contributed by atoms with Crippen LogP contribution in [0, 0.1) is 5.41 Å². The highest BCUT2D eigenvalue weighted by Gasteiger charge is 2.31. The van der Waals surface area contributed by atoms with Crippen LogP contribution in [0.5, 0.6) is 0 Å². The minimum Gasteiger partial charge on any atom is -0.447 e. The fraction of sp³-hybridized carbons (Fsp3) is 0.333. The zero-order valence-electron chi connectivity index (χ0n) is 7.77. The van der Waals surface area contributed by atoms with Gasteiger partial charge in [0.25, 0.3) is 0 Å². The average Bonchev–Trinajstić information content (AvgIpc) is 2.78. The molecule has 0 saturated carbocycles. The fourth-order valence-corrected chi connectivity index (χ4v) is 0.800. The molecule has 1 rings (SSSR count). The summed E-state index contributed by atoms with van der Waals surface area (Å²) in [4.78, 5) is 10.2. The van der Waals surface area contributed by atoms with Crippen molar-refractivity contribution in [2.45, 2.75) is 19.1 Å². The zero-order valence-corrected chi connectivity index (χ0v) is 7.77. The van der Waals surface area contributed by atoms with Crippen molar-refractivity contribution in [2.24, 2.45) is 5.73 Å². The lowest BCUT2D eigenvalue weighted by Crippen LogP contribution is -2.06. The summed E-state index contributed by atoms with van der Waals surface area (Å²) in [5, 5.41) is 7.25. The van der Waals surface area contributed by atoms with Gasteiger partial charge in [-0.2, -0.15) is 0 Å². The number of ether oxygens (including phenoxy) is 2.